The molecule has 0 radical (unpaired) electrons. The van der Waals surface area contributed by atoms with Crippen molar-refractivity contribution < 1.29 is 8.42 Å². The van der Waals surface area contributed by atoms with Gasteiger partial charge in [-0.1, -0.05) is 6.07 Å². The number of hydrogen-bond acceptors (Lipinski definition) is 6. The average molecular weight is 326 g/mol. The molecule has 0 bridgehead atoms. The van der Waals surface area contributed by atoms with Gasteiger partial charge in [-0.2, -0.15) is 0 Å². The first-order valence-electron chi connectivity index (χ1n) is 6.28. The highest BCUT2D eigenvalue weighted by Crippen LogP contribution is 2.28. The van der Waals surface area contributed by atoms with E-state index in [0.29, 0.717) is 12.2 Å². The summed E-state index contributed by atoms with van der Waals surface area (Å²) in [5.74, 6) is 0. The largest absolute Gasteiger partial charge is 0.396 e. The zero-order chi connectivity index (χ0) is 15.6. The monoisotopic (exact) mass is 326 g/mol. The van der Waals surface area contributed by atoms with E-state index in [4.69, 9.17) is 5.73 Å². The zero-order valence-corrected chi connectivity index (χ0v) is 13.8. The lowest BCUT2D eigenvalue weighted by Crippen LogP contribution is -2.23. The van der Waals surface area contributed by atoms with Gasteiger partial charge >= 0.3 is 0 Å². The lowest BCUT2D eigenvalue weighted by molar-refractivity contribution is 0.521. The van der Waals surface area contributed by atoms with Gasteiger partial charge in [0.15, 0.2) is 0 Å². The van der Waals surface area contributed by atoms with Crippen molar-refractivity contribution >= 4 is 32.7 Å². The molecule has 1 heterocycles. The summed E-state index contributed by atoms with van der Waals surface area (Å²) in [5, 5.41) is 6.02. The normalized spacial score (nSPS) is 11.8. The Morgan fingerprint density at radius 3 is 2.67 bits per heavy atom. The second-order valence-corrected chi connectivity index (χ2v) is 7.80. The first-order chi connectivity index (χ1) is 9.82. The lowest BCUT2D eigenvalue weighted by atomic mass is 10.2. The lowest BCUT2D eigenvalue weighted by Gasteiger charge is -2.16. The summed E-state index contributed by atoms with van der Waals surface area (Å²) in [5.41, 5.74) is 7.77. The molecule has 1 aromatic carbocycles. The predicted molar refractivity (Wildman–Crippen MR) is 85.9 cm³/mol. The van der Waals surface area contributed by atoms with Gasteiger partial charge in [0.25, 0.3) is 0 Å². The Hall–Kier alpha value is -1.64. The number of rotatable bonds is 5. The Labute approximate surface area is 128 Å². The van der Waals surface area contributed by atoms with E-state index in [-0.39, 0.29) is 10.6 Å². The fraction of sp³-hybridized carbons (Fsp3) is 0.308. The molecule has 2 aromatic rings. The number of sulfonamides is 1. The van der Waals surface area contributed by atoms with Crippen LogP contribution in [0.2, 0.25) is 0 Å². The number of nitrogen functional groups attached to an aromatic ring is 1. The summed E-state index contributed by atoms with van der Waals surface area (Å²) in [6.45, 7) is 2.44. The quantitative estimate of drug-likeness (QED) is 0.819. The van der Waals surface area contributed by atoms with Crippen molar-refractivity contribution in [2.24, 2.45) is 0 Å². The molecule has 0 spiro atoms. The summed E-state index contributed by atoms with van der Waals surface area (Å²) in [4.78, 5) is 4.45. The number of nitrogens with one attached hydrogen (secondary N) is 1. The van der Waals surface area contributed by atoms with Crippen molar-refractivity contribution in [1.82, 2.24) is 9.29 Å². The third kappa shape index (κ3) is 3.34. The number of hydrogen-bond donors (Lipinski definition) is 2. The molecule has 0 amide bonds. The van der Waals surface area contributed by atoms with Crippen molar-refractivity contribution in [3.63, 3.8) is 0 Å². The van der Waals surface area contributed by atoms with Crippen LogP contribution in [0.5, 0.6) is 0 Å². The van der Waals surface area contributed by atoms with Crippen molar-refractivity contribution in [3.8, 4) is 0 Å². The number of anilines is 2. The molecule has 3 N–H and O–H groups in total. The van der Waals surface area contributed by atoms with Crippen molar-refractivity contribution in [2.75, 3.05) is 25.1 Å². The minimum Gasteiger partial charge on any atom is -0.396 e. The highest BCUT2D eigenvalue weighted by molar-refractivity contribution is 7.89. The van der Waals surface area contributed by atoms with Gasteiger partial charge in [-0.05, 0) is 19.1 Å². The summed E-state index contributed by atoms with van der Waals surface area (Å²) < 4.78 is 25.5. The van der Waals surface area contributed by atoms with Crippen LogP contribution < -0.4 is 11.1 Å². The summed E-state index contributed by atoms with van der Waals surface area (Å²) >= 11 is 1.55. The third-order valence-corrected chi connectivity index (χ3v) is 5.76. The predicted octanol–water partition coefficient (Wildman–Crippen LogP) is 1.90. The first-order valence-corrected chi connectivity index (χ1v) is 8.60. The summed E-state index contributed by atoms with van der Waals surface area (Å²) in [6, 6.07) is 4.93. The van der Waals surface area contributed by atoms with Crippen LogP contribution in [0, 0.1) is 6.92 Å². The average Bonchev–Trinajstić information content (AvgIpc) is 2.83. The molecule has 0 aliphatic heterocycles. The maximum Gasteiger partial charge on any atom is 0.244 e. The molecule has 0 atom stereocenters. The Kier molecular flexibility index (Phi) is 4.50. The van der Waals surface area contributed by atoms with Crippen LogP contribution in [0.1, 0.15) is 10.7 Å². The van der Waals surface area contributed by atoms with Crippen LogP contribution in [0.4, 0.5) is 11.4 Å². The molecule has 0 saturated carbocycles. The molecule has 0 fully saturated rings. The van der Waals surface area contributed by atoms with Gasteiger partial charge in [0.05, 0.1) is 17.9 Å². The van der Waals surface area contributed by atoms with Crippen LogP contribution in [0.3, 0.4) is 0 Å². The van der Waals surface area contributed by atoms with E-state index >= 15 is 0 Å². The molecule has 21 heavy (non-hydrogen) atoms. The number of benzene rings is 1. The van der Waals surface area contributed by atoms with Crippen LogP contribution >= 0.6 is 11.3 Å². The van der Waals surface area contributed by atoms with Crippen LogP contribution in [-0.4, -0.2) is 31.8 Å². The van der Waals surface area contributed by atoms with Gasteiger partial charge in [0.2, 0.25) is 10.0 Å². The highest BCUT2D eigenvalue weighted by Gasteiger charge is 2.21. The van der Waals surface area contributed by atoms with E-state index in [1.165, 1.54) is 20.2 Å². The van der Waals surface area contributed by atoms with Gasteiger partial charge in [-0.25, -0.2) is 17.7 Å². The molecule has 1 aromatic heterocycles. The molecular formula is C13H18N4O2S2. The first kappa shape index (κ1) is 15.7. The molecule has 0 aliphatic rings. The maximum atomic E-state index is 12.2. The number of para-hydroxylation sites is 1. The fourth-order valence-electron chi connectivity index (χ4n) is 1.77. The number of nitrogens with two attached hydrogens (primary N) is 1. The topological polar surface area (TPSA) is 88.3 Å². The van der Waals surface area contributed by atoms with Crippen LogP contribution in [0.15, 0.2) is 28.5 Å². The Bertz CT molecular complexity index is 738. The fourth-order valence-corrected chi connectivity index (χ4v) is 3.52. The molecule has 114 valence electrons. The molecule has 0 unspecified atom stereocenters. The van der Waals surface area contributed by atoms with Gasteiger partial charge in [-0.15, -0.1) is 11.3 Å². The second kappa shape index (κ2) is 6.00. The standard InChI is InChI=1S/C13H18N4O2S2/c1-9-8-20-12(16-9)7-15-10-5-4-6-11(13(10)14)21(18,19)17(2)3/h4-6,8,15H,7,14H2,1-3H3. The second-order valence-electron chi connectivity index (χ2n) is 4.74. The summed E-state index contributed by atoms with van der Waals surface area (Å²) in [7, 11) is -0.595. The SMILES string of the molecule is Cc1csc(CNc2cccc(S(=O)(=O)N(C)C)c2N)n1. The molecular weight excluding hydrogens is 308 g/mol. The molecule has 2 rings (SSSR count). The molecule has 8 heteroatoms. The molecule has 6 nitrogen and oxygen atoms in total. The third-order valence-electron chi connectivity index (χ3n) is 2.92. The van der Waals surface area contributed by atoms with E-state index in [1.807, 2.05) is 12.3 Å². The number of thiazole rings is 1. The Balaban J connectivity index is 2.26. The Morgan fingerprint density at radius 1 is 1.38 bits per heavy atom. The Morgan fingerprint density at radius 2 is 2.10 bits per heavy atom. The van der Waals surface area contributed by atoms with Gasteiger partial charge in [-0.3, -0.25) is 0 Å². The molecule has 0 aliphatic carbocycles. The van der Waals surface area contributed by atoms with Crippen molar-refractivity contribution in [3.05, 3.63) is 34.3 Å². The van der Waals surface area contributed by atoms with E-state index in [2.05, 4.69) is 10.3 Å². The van der Waals surface area contributed by atoms with Gasteiger partial charge in [0.1, 0.15) is 9.90 Å². The zero-order valence-electron chi connectivity index (χ0n) is 12.1. The minimum atomic E-state index is -3.55. The molecule has 0 saturated heterocycles. The van der Waals surface area contributed by atoms with Crippen LogP contribution in [-0.2, 0) is 16.6 Å². The highest BCUT2D eigenvalue weighted by atomic mass is 32.2. The van der Waals surface area contributed by atoms with Gasteiger partial charge < -0.3 is 11.1 Å². The van der Waals surface area contributed by atoms with Crippen LogP contribution in [0.25, 0.3) is 0 Å². The number of aromatic nitrogens is 1. The van der Waals surface area contributed by atoms with Gasteiger partial charge in [0, 0.05) is 25.2 Å². The van der Waals surface area contributed by atoms with E-state index in [9.17, 15) is 8.42 Å². The van der Waals surface area contributed by atoms with Crippen molar-refractivity contribution in [1.29, 1.82) is 0 Å². The number of nitrogens with zero attached hydrogens (tertiary/aromatic N) is 2. The van der Waals surface area contributed by atoms with E-state index < -0.39 is 10.0 Å². The maximum absolute atomic E-state index is 12.2. The smallest absolute Gasteiger partial charge is 0.244 e. The summed E-state index contributed by atoms with van der Waals surface area (Å²) in [6.07, 6.45) is 0. The van der Waals surface area contributed by atoms with E-state index in [0.717, 1.165) is 15.0 Å². The van der Waals surface area contributed by atoms with E-state index in [1.54, 1.807) is 23.5 Å². The number of aryl methyl sites for hydroxylation is 1. The minimum absolute atomic E-state index is 0.104. The van der Waals surface area contributed by atoms with Crippen molar-refractivity contribution in [2.45, 2.75) is 18.4 Å².